The highest BCUT2D eigenvalue weighted by atomic mass is 32.2. The fourth-order valence-electron chi connectivity index (χ4n) is 5.16. The fraction of sp³-hybridized carbons (Fsp3) is 0.419. The lowest BCUT2D eigenvalue weighted by molar-refractivity contribution is 0.167. The SMILES string of the molecule is CCCCN(Cc1ccccc1)S(=O)(=O)c1ccc(N2CCC(NCC(O)c3ccc(O)c(NS(C)(=O)=O)c3)CC2)cc1. The Morgan fingerprint density at radius 3 is 2.28 bits per heavy atom. The van der Waals surface area contributed by atoms with Crippen LogP contribution in [0.25, 0.3) is 0 Å². The molecule has 43 heavy (non-hydrogen) atoms. The normalized spacial score (nSPS) is 15.5. The summed E-state index contributed by atoms with van der Waals surface area (Å²) >= 11 is 0. The van der Waals surface area contributed by atoms with E-state index in [1.807, 2.05) is 42.5 Å². The molecule has 0 saturated carbocycles. The minimum atomic E-state index is -3.65. The van der Waals surface area contributed by atoms with Gasteiger partial charge in [0.1, 0.15) is 5.75 Å². The predicted molar refractivity (Wildman–Crippen MR) is 170 cm³/mol. The molecular formula is C31H42N4O6S2. The second kappa shape index (κ2) is 14.5. The van der Waals surface area contributed by atoms with Crippen LogP contribution in [0.4, 0.5) is 11.4 Å². The average Bonchev–Trinajstić information content (AvgIpc) is 2.99. The molecule has 3 aromatic rings. The first-order valence-corrected chi connectivity index (χ1v) is 17.9. The van der Waals surface area contributed by atoms with Crippen molar-refractivity contribution in [1.82, 2.24) is 9.62 Å². The lowest BCUT2D eigenvalue weighted by Crippen LogP contribution is -2.43. The van der Waals surface area contributed by atoms with Gasteiger partial charge in [0.2, 0.25) is 20.0 Å². The van der Waals surface area contributed by atoms with Gasteiger partial charge in [0.25, 0.3) is 0 Å². The van der Waals surface area contributed by atoms with E-state index in [-0.39, 0.29) is 28.9 Å². The lowest BCUT2D eigenvalue weighted by atomic mass is 10.0. The van der Waals surface area contributed by atoms with Gasteiger partial charge in [0.15, 0.2) is 0 Å². The largest absolute Gasteiger partial charge is 0.506 e. The lowest BCUT2D eigenvalue weighted by Gasteiger charge is -2.34. The van der Waals surface area contributed by atoms with Crippen molar-refractivity contribution in [2.75, 3.05) is 42.1 Å². The number of aromatic hydroxyl groups is 1. The maximum atomic E-state index is 13.5. The van der Waals surface area contributed by atoms with Crippen LogP contribution in [0.2, 0.25) is 0 Å². The van der Waals surface area contributed by atoms with E-state index in [4.69, 9.17) is 0 Å². The topological polar surface area (TPSA) is 139 Å². The van der Waals surface area contributed by atoms with E-state index < -0.39 is 26.2 Å². The molecule has 0 spiro atoms. The molecular weight excluding hydrogens is 588 g/mol. The van der Waals surface area contributed by atoms with Gasteiger partial charge in [0, 0.05) is 44.5 Å². The number of nitrogens with zero attached hydrogens (tertiary/aromatic N) is 2. The van der Waals surface area contributed by atoms with Crippen LogP contribution in [0.1, 0.15) is 49.8 Å². The van der Waals surface area contributed by atoms with Crippen LogP contribution in [0.5, 0.6) is 5.75 Å². The molecule has 1 saturated heterocycles. The van der Waals surface area contributed by atoms with E-state index in [0.717, 1.165) is 56.3 Å². The molecule has 1 heterocycles. The second-order valence-electron chi connectivity index (χ2n) is 11.0. The number of benzene rings is 3. The van der Waals surface area contributed by atoms with Gasteiger partial charge >= 0.3 is 0 Å². The number of aliphatic hydroxyl groups excluding tert-OH is 1. The molecule has 0 radical (unpaired) electrons. The van der Waals surface area contributed by atoms with Crippen LogP contribution in [-0.4, -0.2) is 69.8 Å². The Morgan fingerprint density at radius 1 is 0.977 bits per heavy atom. The number of rotatable bonds is 14. The Labute approximate surface area is 255 Å². The molecule has 12 heteroatoms. The summed E-state index contributed by atoms with van der Waals surface area (Å²) in [7, 11) is -7.22. The highest BCUT2D eigenvalue weighted by Gasteiger charge is 2.25. The van der Waals surface area contributed by atoms with Crippen molar-refractivity contribution >= 4 is 31.4 Å². The number of phenols is 1. The zero-order valence-corrected chi connectivity index (χ0v) is 26.3. The van der Waals surface area contributed by atoms with Crippen LogP contribution in [0.15, 0.2) is 77.7 Å². The maximum absolute atomic E-state index is 13.5. The predicted octanol–water partition coefficient (Wildman–Crippen LogP) is 4.05. The van der Waals surface area contributed by atoms with E-state index >= 15 is 0 Å². The molecule has 234 valence electrons. The number of unbranched alkanes of at least 4 members (excludes halogenated alkanes) is 1. The summed E-state index contributed by atoms with van der Waals surface area (Å²) in [5, 5.41) is 24.0. The number of anilines is 2. The number of piperidine rings is 1. The Hall–Kier alpha value is -3.16. The third-order valence-corrected chi connectivity index (χ3v) is 10.0. The van der Waals surface area contributed by atoms with E-state index in [9.17, 15) is 27.0 Å². The summed E-state index contributed by atoms with van der Waals surface area (Å²) in [6.07, 6.45) is 3.49. The van der Waals surface area contributed by atoms with Crippen LogP contribution >= 0.6 is 0 Å². The number of hydrogen-bond donors (Lipinski definition) is 4. The van der Waals surface area contributed by atoms with Crippen molar-refractivity contribution in [3.63, 3.8) is 0 Å². The summed E-state index contributed by atoms with van der Waals surface area (Å²) < 4.78 is 54.0. The van der Waals surface area contributed by atoms with Crippen LogP contribution < -0.4 is 14.9 Å². The average molecular weight is 631 g/mol. The van der Waals surface area contributed by atoms with Gasteiger partial charge in [-0.25, -0.2) is 16.8 Å². The van der Waals surface area contributed by atoms with E-state index in [0.29, 0.717) is 18.7 Å². The standard InChI is InChI=1S/C31H42N4O6S2/c1-3-4-18-35(23-24-8-6-5-7-9-24)43(40,41)28-13-11-27(12-14-28)34-19-16-26(17-20-34)32-22-31(37)25-10-15-30(36)29(21-25)33-42(2,38)39/h5-15,21,26,31-33,36-37H,3-4,16-20,22-23H2,1-2H3. The second-order valence-corrected chi connectivity index (χ2v) is 14.7. The molecule has 1 aliphatic heterocycles. The minimum Gasteiger partial charge on any atom is -0.506 e. The van der Waals surface area contributed by atoms with Gasteiger partial charge in [-0.1, -0.05) is 49.7 Å². The molecule has 1 atom stereocenters. The van der Waals surface area contributed by atoms with Gasteiger partial charge < -0.3 is 20.4 Å². The molecule has 3 aromatic carbocycles. The molecule has 1 aliphatic rings. The molecule has 0 aliphatic carbocycles. The number of sulfonamides is 2. The van der Waals surface area contributed by atoms with Gasteiger partial charge in [-0.05, 0) is 66.8 Å². The smallest absolute Gasteiger partial charge is 0.243 e. The molecule has 1 unspecified atom stereocenters. The summed E-state index contributed by atoms with van der Waals surface area (Å²) in [6, 6.07) is 21.3. The van der Waals surface area contributed by atoms with Crippen LogP contribution in [0.3, 0.4) is 0 Å². The van der Waals surface area contributed by atoms with Crippen LogP contribution in [0, 0.1) is 0 Å². The summed E-state index contributed by atoms with van der Waals surface area (Å²) in [5.74, 6) is -0.214. The number of aliphatic hydroxyl groups is 1. The zero-order valence-electron chi connectivity index (χ0n) is 24.7. The van der Waals surface area contributed by atoms with Gasteiger partial charge in [-0.15, -0.1) is 0 Å². The first-order chi connectivity index (χ1) is 20.5. The summed E-state index contributed by atoms with van der Waals surface area (Å²) in [4.78, 5) is 2.52. The first-order valence-electron chi connectivity index (χ1n) is 14.6. The molecule has 10 nitrogen and oxygen atoms in total. The third-order valence-electron chi connectivity index (χ3n) is 7.60. The van der Waals surface area contributed by atoms with Gasteiger partial charge in [-0.2, -0.15) is 4.31 Å². The number of phenolic OH excluding ortho intramolecular Hbond substituents is 1. The van der Waals surface area contributed by atoms with Gasteiger partial charge in [-0.3, -0.25) is 4.72 Å². The van der Waals surface area contributed by atoms with Crippen LogP contribution in [-0.2, 0) is 26.6 Å². The minimum absolute atomic E-state index is 0.0241. The zero-order chi connectivity index (χ0) is 31.0. The quantitative estimate of drug-likeness (QED) is 0.196. The molecule has 4 rings (SSSR count). The monoisotopic (exact) mass is 630 g/mol. The highest BCUT2D eigenvalue weighted by Crippen LogP contribution is 2.28. The Balaban J connectivity index is 1.31. The molecule has 0 aromatic heterocycles. The van der Waals surface area contributed by atoms with Crippen molar-refractivity contribution in [2.45, 2.75) is 56.2 Å². The maximum Gasteiger partial charge on any atom is 0.243 e. The summed E-state index contributed by atoms with van der Waals surface area (Å²) in [6.45, 7) is 4.69. The molecule has 1 fully saturated rings. The Kier molecular flexibility index (Phi) is 11.1. The van der Waals surface area contributed by atoms with Crippen molar-refractivity contribution in [2.24, 2.45) is 0 Å². The fourth-order valence-corrected chi connectivity index (χ4v) is 7.19. The third kappa shape index (κ3) is 9.16. The van der Waals surface area contributed by atoms with Gasteiger partial charge in [0.05, 0.1) is 22.9 Å². The Morgan fingerprint density at radius 2 is 1.65 bits per heavy atom. The van der Waals surface area contributed by atoms with Crippen molar-refractivity contribution < 1.29 is 27.0 Å². The number of hydrogen-bond acceptors (Lipinski definition) is 8. The first kappa shape index (κ1) is 32.7. The van der Waals surface area contributed by atoms with Crippen molar-refractivity contribution in [3.8, 4) is 5.75 Å². The molecule has 0 amide bonds. The van der Waals surface area contributed by atoms with E-state index in [1.54, 1.807) is 22.5 Å². The van der Waals surface area contributed by atoms with Crippen molar-refractivity contribution in [3.05, 3.63) is 83.9 Å². The van der Waals surface area contributed by atoms with E-state index in [1.165, 1.54) is 12.1 Å². The highest BCUT2D eigenvalue weighted by molar-refractivity contribution is 7.92. The Bertz CT molecular complexity index is 1540. The van der Waals surface area contributed by atoms with Crippen molar-refractivity contribution in [1.29, 1.82) is 0 Å². The number of nitrogens with one attached hydrogen (secondary N) is 2. The molecule has 0 bridgehead atoms. The summed E-state index contributed by atoms with van der Waals surface area (Å²) in [5.41, 5.74) is 2.44. The molecule has 4 N–H and O–H groups in total. The van der Waals surface area contributed by atoms with E-state index in [2.05, 4.69) is 21.9 Å².